The number of carbonyl (C=O) groups is 2. The molecule has 114 valence electrons. The van der Waals surface area contributed by atoms with Crippen molar-refractivity contribution in [1.82, 2.24) is 20.4 Å². The fourth-order valence-corrected chi connectivity index (χ4v) is 2.03. The van der Waals surface area contributed by atoms with Crippen molar-refractivity contribution in [2.45, 2.75) is 19.9 Å². The molecule has 1 aliphatic heterocycles. The van der Waals surface area contributed by atoms with E-state index in [1.54, 1.807) is 11.0 Å². The summed E-state index contributed by atoms with van der Waals surface area (Å²) in [6.07, 6.45) is 0.864. The van der Waals surface area contributed by atoms with E-state index in [0.717, 1.165) is 25.3 Å². The molecule has 21 heavy (non-hydrogen) atoms. The van der Waals surface area contributed by atoms with Gasteiger partial charge in [0.2, 0.25) is 6.41 Å². The molecule has 1 saturated heterocycles. The normalized spacial score (nSPS) is 15.0. The van der Waals surface area contributed by atoms with E-state index in [0.29, 0.717) is 18.9 Å². The molecule has 0 atom stereocenters. The van der Waals surface area contributed by atoms with Gasteiger partial charge in [-0.15, -0.1) is 10.2 Å². The van der Waals surface area contributed by atoms with Gasteiger partial charge >= 0.3 is 6.03 Å². The molecule has 8 nitrogen and oxygen atoms in total. The van der Waals surface area contributed by atoms with Crippen LogP contribution in [-0.2, 0) is 4.79 Å². The molecule has 1 aromatic heterocycles. The zero-order valence-corrected chi connectivity index (χ0v) is 12.2. The van der Waals surface area contributed by atoms with Crippen LogP contribution in [0.15, 0.2) is 12.1 Å². The molecule has 2 heterocycles. The summed E-state index contributed by atoms with van der Waals surface area (Å²) < 4.78 is 0. The maximum atomic E-state index is 11.5. The fourth-order valence-electron chi connectivity index (χ4n) is 2.03. The molecule has 0 spiro atoms. The molecule has 8 heteroatoms. The number of hydrogen-bond acceptors (Lipinski definition) is 5. The van der Waals surface area contributed by atoms with E-state index in [-0.39, 0.29) is 12.1 Å². The maximum absolute atomic E-state index is 11.5. The van der Waals surface area contributed by atoms with Gasteiger partial charge in [-0.25, -0.2) is 4.79 Å². The Kier molecular flexibility index (Phi) is 4.91. The Bertz CT molecular complexity index is 482. The van der Waals surface area contributed by atoms with Crippen LogP contribution in [-0.4, -0.2) is 59.8 Å². The first-order valence-electron chi connectivity index (χ1n) is 6.94. The second-order valence-electron chi connectivity index (χ2n) is 5.16. The predicted molar refractivity (Wildman–Crippen MR) is 79.2 cm³/mol. The number of nitrogens with one attached hydrogen (secondary N) is 2. The minimum absolute atomic E-state index is 0.0614. The average Bonchev–Trinajstić information content (AvgIpc) is 2.47. The van der Waals surface area contributed by atoms with Gasteiger partial charge in [0.15, 0.2) is 11.6 Å². The Morgan fingerprint density at radius 2 is 1.95 bits per heavy atom. The highest BCUT2D eigenvalue weighted by atomic mass is 16.2. The van der Waals surface area contributed by atoms with Crippen LogP contribution < -0.4 is 15.5 Å². The van der Waals surface area contributed by atoms with Gasteiger partial charge in [-0.3, -0.25) is 10.1 Å². The molecule has 0 aromatic carbocycles. The highest BCUT2D eigenvalue weighted by molar-refractivity contribution is 5.88. The van der Waals surface area contributed by atoms with Gasteiger partial charge in [0.05, 0.1) is 0 Å². The van der Waals surface area contributed by atoms with Crippen LogP contribution in [0.1, 0.15) is 13.8 Å². The first kappa shape index (κ1) is 15.0. The molecule has 0 aliphatic carbocycles. The van der Waals surface area contributed by atoms with Gasteiger partial charge in [0.1, 0.15) is 0 Å². The van der Waals surface area contributed by atoms with Crippen LogP contribution in [0.2, 0.25) is 0 Å². The average molecular weight is 292 g/mol. The second kappa shape index (κ2) is 6.87. The van der Waals surface area contributed by atoms with E-state index in [1.165, 1.54) is 0 Å². The van der Waals surface area contributed by atoms with E-state index in [2.05, 4.69) is 25.7 Å². The monoisotopic (exact) mass is 292 g/mol. The quantitative estimate of drug-likeness (QED) is 0.778. The highest BCUT2D eigenvalue weighted by Gasteiger charge is 2.17. The number of carbonyl (C=O) groups excluding carboxylic acids is 2. The Morgan fingerprint density at radius 1 is 1.24 bits per heavy atom. The van der Waals surface area contributed by atoms with Crippen molar-refractivity contribution in [2.75, 3.05) is 36.4 Å². The van der Waals surface area contributed by atoms with Crippen LogP contribution >= 0.6 is 0 Å². The van der Waals surface area contributed by atoms with Crippen LogP contribution in [0.5, 0.6) is 0 Å². The number of anilines is 2. The Hall–Kier alpha value is -2.38. The maximum Gasteiger partial charge on any atom is 0.320 e. The topological polar surface area (TPSA) is 90.5 Å². The van der Waals surface area contributed by atoms with Crippen LogP contribution in [0, 0.1) is 0 Å². The molecule has 0 saturated carbocycles. The lowest BCUT2D eigenvalue weighted by Crippen LogP contribution is -2.46. The van der Waals surface area contributed by atoms with E-state index in [9.17, 15) is 9.59 Å². The standard InChI is InChI=1S/C13H20N6O2/c1-10(2)14-13(21)15-11-3-4-12(17-16-11)19-7-5-18(9-20)6-8-19/h3-4,9-10H,5-8H2,1-2H3,(H2,14,15,16,21). The third-order valence-corrected chi connectivity index (χ3v) is 3.10. The number of aromatic nitrogens is 2. The zero-order chi connectivity index (χ0) is 15.2. The molecular formula is C13H20N6O2. The van der Waals surface area contributed by atoms with Gasteiger partial charge in [0, 0.05) is 32.2 Å². The summed E-state index contributed by atoms with van der Waals surface area (Å²) >= 11 is 0. The molecule has 0 bridgehead atoms. The van der Waals surface area contributed by atoms with Crippen molar-refractivity contribution < 1.29 is 9.59 Å². The highest BCUT2D eigenvalue weighted by Crippen LogP contribution is 2.13. The zero-order valence-electron chi connectivity index (χ0n) is 12.2. The Labute approximate surface area is 123 Å². The van der Waals surface area contributed by atoms with E-state index >= 15 is 0 Å². The molecule has 1 aromatic rings. The molecule has 2 N–H and O–H groups in total. The van der Waals surface area contributed by atoms with Crippen molar-refractivity contribution in [2.24, 2.45) is 0 Å². The van der Waals surface area contributed by atoms with Gasteiger partial charge < -0.3 is 15.1 Å². The van der Waals surface area contributed by atoms with Crippen molar-refractivity contribution in [3.63, 3.8) is 0 Å². The van der Waals surface area contributed by atoms with Crippen LogP contribution in [0.25, 0.3) is 0 Å². The SMILES string of the molecule is CC(C)NC(=O)Nc1ccc(N2CCN(C=O)CC2)nn1. The first-order valence-corrected chi connectivity index (χ1v) is 6.94. The second-order valence-corrected chi connectivity index (χ2v) is 5.16. The van der Waals surface area contributed by atoms with Gasteiger partial charge in [-0.2, -0.15) is 0 Å². The Morgan fingerprint density at radius 3 is 2.48 bits per heavy atom. The minimum Gasteiger partial charge on any atom is -0.352 e. The van der Waals surface area contributed by atoms with E-state index in [4.69, 9.17) is 0 Å². The molecule has 0 radical (unpaired) electrons. The lowest BCUT2D eigenvalue weighted by molar-refractivity contribution is -0.118. The third kappa shape index (κ3) is 4.30. The number of urea groups is 1. The third-order valence-electron chi connectivity index (χ3n) is 3.10. The number of hydrogen-bond donors (Lipinski definition) is 2. The van der Waals surface area contributed by atoms with Gasteiger partial charge in [-0.1, -0.05) is 0 Å². The summed E-state index contributed by atoms with van der Waals surface area (Å²) in [5, 5.41) is 13.4. The summed E-state index contributed by atoms with van der Waals surface area (Å²) in [5.41, 5.74) is 0. The number of piperazine rings is 1. The lowest BCUT2D eigenvalue weighted by atomic mass is 10.3. The molecular weight excluding hydrogens is 272 g/mol. The van der Waals surface area contributed by atoms with E-state index < -0.39 is 0 Å². The van der Waals surface area contributed by atoms with Gasteiger partial charge in [0.25, 0.3) is 0 Å². The fraction of sp³-hybridized carbons (Fsp3) is 0.538. The van der Waals surface area contributed by atoms with Crippen LogP contribution in [0.3, 0.4) is 0 Å². The van der Waals surface area contributed by atoms with E-state index in [1.807, 2.05) is 19.9 Å². The Balaban J connectivity index is 1.90. The van der Waals surface area contributed by atoms with Crippen molar-refractivity contribution in [3.05, 3.63) is 12.1 Å². The number of rotatable bonds is 4. The number of amides is 3. The lowest BCUT2D eigenvalue weighted by Gasteiger charge is -2.32. The molecule has 0 unspecified atom stereocenters. The smallest absolute Gasteiger partial charge is 0.320 e. The first-order chi connectivity index (χ1) is 10.1. The summed E-state index contributed by atoms with van der Waals surface area (Å²) in [4.78, 5) is 26.0. The predicted octanol–water partition coefficient (Wildman–Crippen LogP) is 0.285. The van der Waals surface area contributed by atoms with Gasteiger partial charge in [-0.05, 0) is 26.0 Å². The number of nitrogens with zero attached hydrogens (tertiary/aromatic N) is 4. The van der Waals surface area contributed by atoms with Crippen LogP contribution in [0.4, 0.5) is 16.4 Å². The summed E-state index contributed by atoms with van der Waals surface area (Å²) in [6, 6.07) is 3.29. The molecule has 1 aliphatic rings. The summed E-state index contributed by atoms with van der Waals surface area (Å²) in [6.45, 7) is 6.59. The molecule has 3 amide bonds. The molecule has 2 rings (SSSR count). The van der Waals surface area contributed by atoms with Crippen molar-refractivity contribution >= 4 is 24.1 Å². The molecule has 1 fully saturated rings. The summed E-state index contributed by atoms with van der Waals surface area (Å²) in [5.74, 6) is 1.15. The summed E-state index contributed by atoms with van der Waals surface area (Å²) in [7, 11) is 0. The van der Waals surface area contributed by atoms with Crippen molar-refractivity contribution in [3.8, 4) is 0 Å². The minimum atomic E-state index is -0.299. The largest absolute Gasteiger partial charge is 0.352 e. The van der Waals surface area contributed by atoms with Crippen molar-refractivity contribution in [1.29, 1.82) is 0 Å².